The van der Waals surface area contributed by atoms with E-state index in [1.165, 1.54) is 6.20 Å². The lowest BCUT2D eigenvalue weighted by Crippen LogP contribution is -2.16. The van der Waals surface area contributed by atoms with Crippen molar-refractivity contribution >= 4 is 22.6 Å². The van der Waals surface area contributed by atoms with Crippen LogP contribution in [-0.2, 0) is 17.8 Å². The predicted molar refractivity (Wildman–Crippen MR) is 108 cm³/mol. The van der Waals surface area contributed by atoms with Crippen LogP contribution in [0.4, 0.5) is 0 Å². The molecule has 0 radical (unpaired) electrons. The smallest absolute Gasteiger partial charge is 0.198 e. The average molecular weight is 428 g/mol. The average Bonchev–Trinajstić information content (AvgIpc) is 3.34. The summed E-state index contributed by atoms with van der Waals surface area (Å²) in [6.45, 7) is 1.83. The third-order valence-corrected chi connectivity index (χ3v) is 4.76. The zero-order valence-corrected chi connectivity index (χ0v) is 17.2. The van der Waals surface area contributed by atoms with E-state index in [-0.39, 0.29) is 6.54 Å². The zero-order chi connectivity index (χ0) is 21.3. The summed E-state index contributed by atoms with van der Waals surface area (Å²) in [6.07, 6.45) is 1.47. The summed E-state index contributed by atoms with van der Waals surface area (Å²) in [5, 5.41) is 0. The molecule has 3 aromatic heterocycles. The second kappa shape index (κ2) is 8.22. The molecule has 4 rings (SSSR count). The summed E-state index contributed by atoms with van der Waals surface area (Å²) in [5.41, 5.74) is 1.75. The van der Waals surface area contributed by atoms with Gasteiger partial charge in [-0.15, -0.1) is 0 Å². The number of para-hydroxylation sites is 1. The van der Waals surface area contributed by atoms with Gasteiger partial charge >= 0.3 is 0 Å². The fraction of sp³-hybridized carbons (Fsp3) is 0.211. The molecular formula is C19H18N5O5S-. The maximum atomic E-state index is 10.9. The number of nitrogens with zero attached hydrogens (tertiary/aromatic N) is 4. The zero-order valence-electron chi connectivity index (χ0n) is 16.4. The Kier molecular flexibility index (Phi) is 5.48. The van der Waals surface area contributed by atoms with Gasteiger partial charge in [-0.2, -0.15) is 0 Å². The summed E-state index contributed by atoms with van der Waals surface area (Å²) in [5.74, 6) is 2.76. The molecule has 0 aliphatic carbocycles. The number of aromatic nitrogens is 4. The van der Waals surface area contributed by atoms with Gasteiger partial charge in [0.05, 0.1) is 32.7 Å². The molecule has 10 nitrogen and oxygen atoms in total. The Labute approximate surface area is 174 Å². The number of imidazole rings is 1. The molecule has 11 heteroatoms. The van der Waals surface area contributed by atoms with Crippen LogP contribution >= 0.6 is 0 Å². The molecule has 0 saturated heterocycles. The molecule has 0 amide bonds. The Morgan fingerprint density at radius 3 is 2.50 bits per heavy atom. The topological polar surface area (TPSA) is 127 Å². The number of hydrogen-bond donors (Lipinski definition) is 1. The van der Waals surface area contributed by atoms with E-state index in [1.807, 2.05) is 19.1 Å². The summed E-state index contributed by atoms with van der Waals surface area (Å²) in [4.78, 5) is 13.5. The molecule has 0 spiro atoms. The van der Waals surface area contributed by atoms with E-state index in [1.54, 1.807) is 37.0 Å². The highest BCUT2D eigenvalue weighted by Crippen LogP contribution is 2.38. The highest BCUT2D eigenvalue weighted by Gasteiger charge is 2.24. The largest absolute Gasteiger partial charge is 0.760 e. The standard InChI is InChI=1S/C19H19N5O5S/c1-11-7-8-15(29-11)18-23-17-19(22-12(9-20-17)10-21-30(25)26)24(18)16-13(27-2)5-4-6-14(16)28-3/h4-9,21H,10H2,1-3H3,(H,25,26)/p-1. The lowest BCUT2D eigenvalue weighted by atomic mass is 10.2. The van der Waals surface area contributed by atoms with Crippen molar-refractivity contribution in [3.05, 3.63) is 48.0 Å². The molecule has 156 valence electrons. The van der Waals surface area contributed by atoms with Gasteiger partial charge in [-0.3, -0.25) is 8.78 Å². The summed E-state index contributed by atoms with van der Waals surface area (Å²) in [7, 11) is 3.11. The Morgan fingerprint density at radius 1 is 1.17 bits per heavy atom. The molecular weight excluding hydrogens is 410 g/mol. The van der Waals surface area contributed by atoms with Gasteiger partial charge in [-0.25, -0.2) is 19.7 Å². The first-order valence-electron chi connectivity index (χ1n) is 8.87. The van der Waals surface area contributed by atoms with Crippen molar-refractivity contribution in [2.45, 2.75) is 13.5 Å². The monoisotopic (exact) mass is 428 g/mol. The maximum absolute atomic E-state index is 10.9. The van der Waals surface area contributed by atoms with E-state index >= 15 is 0 Å². The maximum Gasteiger partial charge on any atom is 0.198 e. The number of nitrogens with one attached hydrogen (secondary N) is 1. The lowest BCUT2D eigenvalue weighted by molar-refractivity contribution is 0.391. The van der Waals surface area contributed by atoms with Gasteiger partial charge in [0.2, 0.25) is 0 Å². The van der Waals surface area contributed by atoms with Crippen LogP contribution in [0, 0.1) is 6.92 Å². The Balaban J connectivity index is 2.02. The molecule has 1 aromatic carbocycles. The van der Waals surface area contributed by atoms with E-state index in [4.69, 9.17) is 13.9 Å². The van der Waals surface area contributed by atoms with E-state index in [2.05, 4.69) is 19.7 Å². The quantitative estimate of drug-likeness (QED) is 0.444. The van der Waals surface area contributed by atoms with Crippen molar-refractivity contribution in [2.24, 2.45) is 0 Å². The fourth-order valence-corrected chi connectivity index (χ4v) is 3.36. The van der Waals surface area contributed by atoms with Crippen LogP contribution in [0.25, 0.3) is 28.6 Å². The minimum absolute atomic E-state index is 0.0114. The SMILES string of the molecule is COc1cccc(OC)c1-n1c(-c2ccc(C)o2)nc2ncc(CNS(=O)[O-])nc21. The molecule has 0 saturated carbocycles. The van der Waals surface area contributed by atoms with Crippen molar-refractivity contribution in [2.75, 3.05) is 14.2 Å². The van der Waals surface area contributed by atoms with E-state index in [0.29, 0.717) is 45.8 Å². The Bertz CT molecular complexity index is 1210. The summed E-state index contributed by atoms with van der Waals surface area (Å²) < 4.78 is 42.7. The molecule has 3 heterocycles. The molecule has 0 fully saturated rings. The molecule has 1 atom stereocenters. The van der Waals surface area contributed by atoms with Crippen LogP contribution in [0.1, 0.15) is 11.5 Å². The van der Waals surface area contributed by atoms with E-state index in [0.717, 1.165) is 5.76 Å². The number of benzene rings is 1. The third-order valence-electron chi connectivity index (χ3n) is 4.38. The van der Waals surface area contributed by atoms with E-state index in [9.17, 15) is 8.76 Å². The normalized spacial score (nSPS) is 12.3. The fourth-order valence-electron chi connectivity index (χ4n) is 3.09. The first-order chi connectivity index (χ1) is 14.5. The van der Waals surface area contributed by atoms with Gasteiger partial charge in [0.1, 0.15) is 22.9 Å². The van der Waals surface area contributed by atoms with Crippen molar-refractivity contribution in [1.29, 1.82) is 0 Å². The summed E-state index contributed by atoms with van der Waals surface area (Å²) in [6, 6.07) is 9.03. The van der Waals surface area contributed by atoms with Crippen LogP contribution in [0.2, 0.25) is 0 Å². The van der Waals surface area contributed by atoms with Crippen molar-refractivity contribution in [3.63, 3.8) is 0 Å². The molecule has 0 aliphatic rings. The van der Waals surface area contributed by atoms with Gasteiger partial charge < -0.3 is 18.4 Å². The number of rotatable bonds is 7. The second-order valence-electron chi connectivity index (χ2n) is 6.26. The number of ether oxygens (including phenoxy) is 2. The van der Waals surface area contributed by atoms with E-state index < -0.39 is 11.3 Å². The molecule has 0 aliphatic heterocycles. The predicted octanol–water partition coefficient (Wildman–Crippen LogP) is 2.28. The van der Waals surface area contributed by atoms with Gasteiger partial charge in [0.25, 0.3) is 0 Å². The first kappa shape index (κ1) is 20.0. The number of fused-ring (bicyclic) bond motifs is 1. The van der Waals surface area contributed by atoms with Crippen LogP contribution in [0.5, 0.6) is 11.5 Å². The number of furan rings is 1. The molecule has 1 unspecified atom stereocenters. The highest BCUT2D eigenvalue weighted by atomic mass is 32.2. The Hall–Kier alpha value is -3.28. The Morgan fingerprint density at radius 2 is 1.90 bits per heavy atom. The molecule has 30 heavy (non-hydrogen) atoms. The van der Waals surface area contributed by atoms with Crippen molar-refractivity contribution < 1.29 is 22.7 Å². The third kappa shape index (κ3) is 3.65. The van der Waals surface area contributed by atoms with Gasteiger partial charge in [0, 0.05) is 11.3 Å². The van der Waals surface area contributed by atoms with Crippen molar-refractivity contribution in [1.82, 2.24) is 24.2 Å². The number of methoxy groups -OCH3 is 2. The van der Waals surface area contributed by atoms with Crippen LogP contribution in [-0.4, -0.2) is 42.5 Å². The minimum Gasteiger partial charge on any atom is -0.760 e. The highest BCUT2D eigenvalue weighted by molar-refractivity contribution is 7.77. The summed E-state index contributed by atoms with van der Waals surface area (Å²) >= 11 is -2.42. The molecule has 1 N–H and O–H groups in total. The van der Waals surface area contributed by atoms with Crippen LogP contribution < -0.4 is 14.2 Å². The number of aryl methyl sites for hydroxylation is 1. The van der Waals surface area contributed by atoms with Gasteiger partial charge in [0.15, 0.2) is 22.9 Å². The molecule has 4 aromatic rings. The lowest BCUT2D eigenvalue weighted by Gasteiger charge is -2.16. The number of hydrogen-bond acceptors (Lipinski definition) is 8. The van der Waals surface area contributed by atoms with Gasteiger partial charge in [-0.1, -0.05) is 6.07 Å². The van der Waals surface area contributed by atoms with Crippen LogP contribution in [0.15, 0.2) is 40.9 Å². The first-order valence-corrected chi connectivity index (χ1v) is 9.94. The van der Waals surface area contributed by atoms with Crippen molar-refractivity contribution in [3.8, 4) is 28.8 Å². The second-order valence-corrected chi connectivity index (χ2v) is 7.01. The molecule has 0 bridgehead atoms. The van der Waals surface area contributed by atoms with Crippen LogP contribution in [0.3, 0.4) is 0 Å². The minimum atomic E-state index is -2.42. The van der Waals surface area contributed by atoms with Gasteiger partial charge in [-0.05, 0) is 31.2 Å².